The van der Waals surface area contributed by atoms with Crippen LogP contribution in [-0.2, 0) is 4.79 Å². The number of carbonyl (C=O) groups excluding carboxylic acids is 2. The minimum Gasteiger partial charge on any atom is -0.342 e. The van der Waals surface area contributed by atoms with Crippen LogP contribution in [0.4, 0.5) is 10.1 Å². The average molecular weight is 481 g/mol. The number of hydrogen-bond acceptors (Lipinski definition) is 4. The minimum absolute atomic E-state index is 0.0535. The lowest BCUT2D eigenvalue weighted by Crippen LogP contribution is -2.33. The molecule has 1 heterocycles. The summed E-state index contributed by atoms with van der Waals surface area (Å²) < 4.78 is 15.6. The van der Waals surface area contributed by atoms with Crippen LogP contribution in [-0.4, -0.2) is 33.4 Å². The molecule has 150 valence electrons. The monoisotopic (exact) mass is 479 g/mol. The lowest BCUT2D eigenvalue weighted by molar-refractivity contribution is -0.115. The molecule has 0 fully saturated rings. The third-order valence-corrected chi connectivity index (χ3v) is 5.29. The molecule has 0 spiro atoms. The largest absolute Gasteiger partial charge is 0.342 e. The fourth-order valence-electron chi connectivity index (χ4n) is 2.57. The Morgan fingerprint density at radius 1 is 1.21 bits per heavy atom. The number of nitrogens with one attached hydrogen (secondary N) is 2. The number of benzene rings is 2. The van der Waals surface area contributed by atoms with E-state index >= 15 is 0 Å². The summed E-state index contributed by atoms with van der Waals surface area (Å²) in [4.78, 5) is 24.5. The van der Waals surface area contributed by atoms with Crippen LogP contribution in [0.25, 0.3) is 5.69 Å². The topological polar surface area (TPSA) is 88.9 Å². The summed E-state index contributed by atoms with van der Waals surface area (Å²) in [6.45, 7) is 3.31. The van der Waals surface area contributed by atoms with E-state index in [4.69, 9.17) is 11.6 Å². The van der Waals surface area contributed by atoms with Gasteiger partial charge in [-0.2, -0.15) is 0 Å². The highest BCUT2D eigenvalue weighted by atomic mass is 79.9. The predicted octanol–water partition coefficient (Wildman–Crippen LogP) is 3.81. The van der Waals surface area contributed by atoms with Gasteiger partial charge >= 0.3 is 0 Å². The summed E-state index contributed by atoms with van der Waals surface area (Å²) in [5.41, 5.74) is 2.54. The van der Waals surface area contributed by atoms with Crippen LogP contribution in [0.5, 0.6) is 0 Å². The molecule has 0 atom stereocenters. The van der Waals surface area contributed by atoms with Crippen LogP contribution in [0.2, 0.25) is 5.02 Å². The Balaban J connectivity index is 1.65. The molecule has 0 bridgehead atoms. The van der Waals surface area contributed by atoms with Crippen LogP contribution in [0.15, 0.2) is 40.9 Å². The SMILES string of the molecule is Cc1cc(NC(=O)CNC(=O)c2nnn(-c3ccc(F)c(Cl)c3)c2C)ccc1Br. The quantitative estimate of drug-likeness (QED) is 0.581. The molecular formula is C19H16BrClFN5O2. The van der Waals surface area contributed by atoms with E-state index in [1.165, 1.54) is 22.9 Å². The van der Waals surface area contributed by atoms with Crippen molar-refractivity contribution in [2.24, 2.45) is 0 Å². The number of amides is 2. The first-order chi connectivity index (χ1) is 13.8. The lowest BCUT2D eigenvalue weighted by atomic mass is 10.2. The van der Waals surface area contributed by atoms with E-state index in [9.17, 15) is 14.0 Å². The van der Waals surface area contributed by atoms with Gasteiger partial charge in [-0.15, -0.1) is 5.10 Å². The van der Waals surface area contributed by atoms with Crippen LogP contribution in [0.1, 0.15) is 21.7 Å². The van der Waals surface area contributed by atoms with E-state index < -0.39 is 11.7 Å². The fraction of sp³-hybridized carbons (Fsp3) is 0.158. The van der Waals surface area contributed by atoms with Crippen molar-refractivity contribution in [3.63, 3.8) is 0 Å². The Labute approximate surface area is 179 Å². The van der Waals surface area contributed by atoms with Gasteiger partial charge in [-0.1, -0.05) is 32.7 Å². The Kier molecular flexibility index (Phi) is 6.29. The van der Waals surface area contributed by atoms with Gasteiger partial charge in [0.2, 0.25) is 5.91 Å². The van der Waals surface area contributed by atoms with Crippen molar-refractivity contribution in [1.29, 1.82) is 0 Å². The normalized spacial score (nSPS) is 10.7. The smallest absolute Gasteiger partial charge is 0.274 e. The fourth-order valence-corrected chi connectivity index (χ4v) is 2.99. The van der Waals surface area contributed by atoms with Gasteiger partial charge in [0.25, 0.3) is 5.91 Å². The van der Waals surface area contributed by atoms with Crippen molar-refractivity contribution in [1.82, 2.24) is 20.3 Å². The van der Waals surface area contributed by atoms with E-state index in [1.54, 1.807) is 13.0 Å². The highest BCUT2D eigenvalue weighted by Gasteiger charge is 2.18. The highest BCUT2D eigenvalue weighted by molar-refractivity contribution is 9.10. The van der Waals surface area contributed by atoms with Crippen molar-refractivity contribution in [2.75, 3.05) is 11.9 Å². The Morgan fingerprint density at radius 3 is 2.66 bits per heavy atom. The number of hydrogen-bond donors (Lipinski definition) is 2. The number of rotatable bonds is 5. The van der Waals surface area contributed by atoms with Crippen molar-refractivity contribution in [2.45, 2.75) is 13.8 Å². The number of halogens is 3. The summed E-state index contributed by atoms with van der Waals surface area (Å²) in [6.07, 6.45) is 0. The second kappa shape index (κ2) is 8.71. The zero-order chi connectivity index (χ0) is 21.1. The molecule has 2 aromatic carbocycles. The standard InChI is InChI=1S/C19H16BrClFN5O2/c1-10-7-12(3-5-14(10)20)24-17(28)9-23-19(29)18-11(2)27(26-25-18)13-4-6-16(22)15(21)8-13/h3-8H,9H2,1-2H3,(H,23,29)(H,24,28). The first-order valence-electron chi connectivity index (χ1n) is 8.48. The van der Waals surface area contributed by atoms with Gasteiger partial charge < -0.3 is 10.6 Å². The highest BCUT2D eigenvalue weighted by Crippen LogP contribution is 2.21. The summed E-state index contributed by atoms with van der Waals surface area (Å²) >= 11 is 9.19. The molecule has 3 rings (SSSR count). The molecule has 0 aliphatic heterocycles. The number of aromatic nitrogens is 3. The number of carbonyl (C=O) groups is 2. The van der Waals surface area contributed by atoms with Crippen LogP contribution < -0.4 is 10.6 Å². The maximum absolute atomic E-state index is 13.3. The molecule has 2 N–H and O–H groups in total. The first kappa shape index (κ1) is 20.9. The second-order valence-electron chi connectivity index (χ2n) is 6.23. The van der Waals surface area contributed by atoms with Gasteiger partial charge in [0, 0.05) is 10.2 Å². The van der Waals surface area contributed by atoms with E-state index in [1.807, 2.05) is 19.1 Å². The molecule has 10 heteroatoms. The van der Waals surface area contributed by atoms with Crippen molar-refractivity contribution >= 4 is 45.0 Å². The Morgan fingerprint density at radius 2 is 1.97 bits per heavy atom. The zero-order valence-electron chi connectivity index (χ0n) is 15.5. The molecule has 0 saturated heterocycles. The van der Waals surface area contributed by atoms with Crippen molar-refractivity contribution in [3.8, 4) is 5.69 Å². The molecule has 7 nitrogen and oxygen atoms in total. The molecule has 29 heavy (non-hydrogen) atoms. The van der Waals surface area contributed by atoms with E-state index in [0.717, 1.165) is 10.0 Å². The van der Waals surface area contributed by atoms with Crippen molar-refractivity contribution in [3.05, 3.63) is 68.7 Å². The van der Waals surface area contributed by atoms with Gasteiger partial charge in [0.15, 0.2) is 5.69 Å². The predicted molar refractivity (Wildman–Crippen MR) is 111 cm³/mol. The van der Waals surface area contributed by atoms with Crippen LogP contribution in [0.3, 0.4) is 0 Å². The van der Waals surface area contributed by atoms with Crippen molar-refractivity contribution < 1.29 is 14.0 Å². The van der Waals surface area contributed by atoms with Gasteiger partial charge in [-0.25, -0.2) is 9.07 Å². The lowest BCUT2D eigenvalue weighted by Gasteiger charge is -2.08. The van der Waals surface area contributed by atoms with Gasteiger partial charge in [-0.05, 0) is 55.8 Å². The molecule has 0 aliphatic rings. The molecule has 0 radical (unpaired) electrons. The first-order valence-corrected chi connectivity index (χ1v) is 9.65. The zero-order valence-corrected chi connectivity index (χ0v) is 17.8. The van der Waals surface area contributed by atoms with E-state index in [2.05, 4.69) is 36.9 Å². The maximum atomic E-state index is 13.3. The summed E-state index contributed by atoms with van der Waals surface area (Å²) in [5, 5.41) is 12.9. The van der Waals surface area contributed by atoms with Crippen LogP contribution >= 0.6 is 27.5 Å². The Hall–Kier alpha value is -2.78. The summed E-state index contributed by atoms with van der Waals surface area (Å²) in [7, 11) is 0. The van der Waals surface area contributed by atoms with E-state index in [0.29, 0.717) is 17.1 Å². The van der Waals surface area contributed by atoms with Crippen LogP contribution in [0, 0.1) is 19.7 Å². The second-order valence-corrected chi connectivity index (χ2v) is 7.49. The number of anilines is 1. The average Bonchev–Trinajstić information content (AvgIpc) is 3.06. The summed E-state index contributed by atoms with van der Waals surface area (Å²) in [6, 6.07) is 9.44. The maximum Gasteiger partial charge on any atom is 0.274 e. The van der Waals surface area contributed by atoms with Gasteiger partial charge in [0.05, 0.1) is 22.9 Å². The molecule has 3 aromatic rings. The number of nitrogens with zero attached hydrogens (tertiary/aromatic N) is 3. The molecular weight excluding hydrogens is 465 g/mol. The third kappa shape index (κ3) is 4.80. The van der Waals surface area contributed by atoms with E-state index in [-0.39, 0.29) is 23.2 Å². The van der Waals surface area contributed by atoms with Gasteiger partial charge in [-0.3, -0.25) is 9.59 Å². The minimum atomic E-state index is -0.557. The summed E-state index contributed by atoms with van der Waals surface area (Å²) in [5.74, 6) is -1.49. The molecule has 1 aromatic heterocycles. The number of aryl methyl sites for hydroxylation is 1. The third-order valence-electron chi connectivity index (χ3n) is 4.11. The molecule has 0 saturated carbocycles. The Bertz CT molecular complexity index is 1100. The molecule has 0 aliphatic carbocycles. The molecule has 0 unspecified atom stereocenters. The molecule has 2 amide bonds. The van der Waals surface area contributed by atoms with Gasteiger partial charge in [0.1, 0.15) is 5.82 Å².